The van der Waals surface area contributed by atoms with E-state index in [2.05, 4.69) is 36.9 Å². The van der Waals surface area contributed by atoms with Gasteiger partial charge in [-0.05, 0) is 37.0 Å². The molecule has 0 saturated heterocycles. The molecule has 0 atom stereocenters. The molecule has 0 bridgehead atoms. The van der Waals surface area contributed by atoms with Crippen LogP contribution >= 0.6 is 24.0 Å². The molecule has 4 rings (SSSR count). The van der Waals surface area contributed by atoms with E-state index in [1.807, 2.05) is 30.3 Å². The molecular formula is C20H25IN6O2. The van der Waals surface area contributed by atoms with E-state index >= 15 is 0 Å². The lowest BCUT2D eigenvalue weighted by Gasteiger charge is -2.14. The maximum absolute atomic E-state index is 5.96. The maximum atomic E-state index is 5.96. The molecule has 0 aliphatic heterocycles. The molecule has 0 radical (unpaired) electrons. The number of nitrogens with zero attached hydrogens (tertiary/aromatic N) is 3. The molecule has 1 aliphatic rings. The molecule has 1 aromatic carbocycles. The van der Waals surface area contributed by atoms with Gasteiger partial charge in [0.2, 0.25) is 5.82 Å². The van der Waals surface area contributed by atoms with Crippen LogP contribution < -0.4 is 15.4 Å². The molecule has 0 amide bonds. The van der Waals surface area contributed by atoms with E-state index in [0.717, 1.165) is 23.8 Å². The molecule has 0 spiro atoms. The Morgan fingerprint density at radius 1 is 1.21 bits per heavy atom. The van der Waals surface area contributed by atoms with Gasteiger partial charge in [-0.3, -0.25) is 10.1 Å². The minimum absolute atomic E-state index is 0. The second kappa shape index (κ2) is 10.3. The van der Waals surface area contributed by atoms with Crippen LogP contribution in [0.1, 0.15) is 24.2 Å². The Labute approximate surface area is 186 Å². The van der Waals surface area contributed by atoms with Crippen molar-refractivity contribution in [3.8, 4) is 17.3 Å². The summed E-state index contributed by atoms with van der Waals surface area (Å²) in [6, 6.07) is 11.7. The summed E-state index contributed by atoms with van der Waals surface area (Å²) in [6.07, 6.45) is 4.15. The van der Waals surface area contributed by atoms with E-state index in [1.54, 1.807) is 13.3 Å². The van der Waals surface area contributed by atoms with Crippen LogP contribution in [-0.2, 0) is 13.1 Å². The van der Waals surface area contributed by atoms with Crippen molar-refractivity contribution >= 4 is 29.9 Å². The monoisotopic (exact) mass is 508 g/mol. The Bertz CT molecular complexity index is 921. The topological polar surface area (TPSA) is 100 Å². The van der Waals surface area contributed by atoms with Gasteiger partial charge >= 0.3 is 0 Å². The first-order valence-corrected chi connectivity index (χ1v) is 9.42. The molecule has 2 aromatic heterocycles. The van der Waals surface area contributed by atoms with Gasteiger partial charge in [0, 0.05) is 19.2 Å². The number of furan rings is 1. The number of benzene rings is 1. The average molecular weight is 508 g/mol. The number of para-hydroxylation sites is 1. The van der Waals surface area contributed by atoms with Gasteiger partial charge in [-0.1, -0.05) is 18.2 Å². The van der Waals surface area contributed by atoms with E-state index < -0.39 is 0 Å². The second-order valence-electron chi connectivity index (χ2n) is 6.72. The van der Waals surface area contributed by atoms with Crippen LogP contribution in [0.25, 0.3) is 11.6 Å². The smallest absolute Gasteiger partial charge is 0.216 e. The highest BCUT2D eigenvalue weighted by molar-refractivity contribution is 14.0. The summed E-state index contributed by atoms with van der Waals surface area (Å²) in [5.41, 5.74) is 1.10. The zero-order chi connectivity index (χ0) is 19.2. The van der Waals surface area contributed by atoms with Crippen molar-refractivity contribution < 1.29 is 9.15 Å². The third-order valence-corrected chi connectivity index (χ3v) is 4.51. The summed E-state index contributed by atoms with van der Waals surface area (Å²) in [6.45, 7) is 1.88. The molecular weight excluding hydrogens is 483 g/mol. The normalized spacial score (nSPS) is 13.6. The third-order valence-electron chi connectivity index (χ3n) is 4.51. The van der Waals surface area contributed by atoms with Crippen molar-refractivity contribution in [1.82, 2.24) is 25.8 Å². The van der Waals surface area contributed by atoms with E-state index in [1.165, 1.54) is 12.8 Å². The lowest BCUT2D eigenvalue weighted by Crippen LogP contribution is -2.36. The molecule has 8 nitrogen and oxygen atoms in total. The largest absolute Gasteiger partial charge is 0.493 e. The zero-order valence-electron chi connectivity index (χ0n) is 16.2. The molecule has 3 N–H and O–H groups in total. The van der Waals surface area contributed by atoms with Gasteiger partial charge in [0.05, 0.1) is 19.4 Å². The summed E-state index contributed by atoms with van der Waals surface area (Å²) in [5, 5.41) is 13.6. The van der Waals surface area contributed by atoms with Gasteiger partial charge in [-0.25, -0.2) is 4.98 Å². The molecule has 1 aliphatic carbocycles. The van der Waals surface area contributed by atoms with E-state index in [-0.39, 0.29) is 24.0 Å². The minimum atomic E-state index is 0. The molecule has 29 heavy (non-hydrogen) atoms. The number of aromatic nitrogens is 3. The lowest BCUT2D eigenvalue weighted by molar-refractivity contribution is 0.296. The van der Waals surface area contributed by atoms with Crippen LogP contribution in [0.3, 0.4) is 0 Å². The number of nitrogens with one attached hydrogen (secondary N) is 3. The summed E-state index contributed by atoms with van der Waals surface area (Å²) < 4.78 is 11.3. The van der Waals surface area contributed by atoms with E-state index in [4.69, 9.17) is 9.15 Å². The highest BCUT2D eigenvalue weighted by Gasteiger charge is 2.22. The van der Waals surface area contributed by atoms with E-state index in [9.17, 15) is 0 Å². The van der Waals surface area contributed by atoms with Gasteiger partial charge in [0.15, 0.2) is 11.7 Å². The Morgan fingerprint density at radius 3 is 2.79 bits per heavy atom. The number of aliphatic imine (C=N–C) groups is 1. The SMILES string of the molecule is CN=C(NCc1nc(-c2ccco2)n[nH]1)NCc1ccccc1OCC1CC1.I. The summed E-state index contributed by atoms with van der Waals surface area (Å²) in [4.78, 5) is 8.67. The predicted molar refractivity (Wildman–Crippen MR) is 121 cm³/mol. The van der Waals surface area contributed by atoms with Gasteiger partial charge in [0.25, 0.3) is 0 Å². The fourth-order valence-corrected chi connectivity index (χ4v) is 2.74. The van der Waals surface area contributed by atoms with Crippen LogP contribution in [0.4, 0.5) is 0 Å². The standard InChI is InChI=1S/C20H24N6O2.HI/c1-21-20(23-12-18-24-19(26-25-18)17-7-4-10-27-17)22-11-15-5-2-3-6-16(15)28-13-14-8-9-14;/h2-7,10,14H,8-9,11-13H2,1H3,(H2,21,22,23)(H,24,25,26);1H. The van der Waals surface area contributed by atoms with Crippen molar-refractivity contribution in [2.45, 2.75) is 25.9 Å². The summed E-state index contributed by atoms with van der Waals surface area (Å²) in [5.74, 6) is 4.19. The number of ether oxygens (including phenoxy) is 1. The number of H-pyrrole nitrogens is 1. The van der Waals surface area contributed by atoms with Gasteiger partial charge < -0.3 is 19.8 Å². The van der Waals surface area contributed by atoms with E-state index in [0.29, 0.717) is 36.5 Å². The fourth-order valence-electron chi connectivity index (χ4n) is 2.74. The van der Waals surface area contributed by atoms with Crippen LogP contribution in [-0.4, -0.2) is 34.8 Å². The van der Waals surface area contributed by atoms with Crippen molar-refractivity contribution in [3.05, 3.63) is 54.0 Å². The maximum Gasteiger partial charge on any atom is 0.216 e. The van der Waals surface area contributed by atoms with Crippen LogP contribution in [0, 0.1) is 5.92 Å². The molecule has 154 valence electrons. The molecule has 3 aromatic rings. The highest BCUT2D eigenvalue weighted by atomic mass is 127. The quantitative estimate of drug-likeness (QED) is 0.245. The Hall–Kier alpha value is -2.56. The summed E-state index contributed by atoms with van der Waals surface area (Å²) >= 11 is 0. The van der Waals surface area contributed by atoms with Gasteiger partial charge in [-0.15, -0.1) is 29.1 Å². The highest BCUT2D eigenvalue weighted by Crippen LogP contribution is 2.30. The van der Waals surface area contributed by atoms with Gasteiger partial charge in [-0.2, -0.15) is 0 Å². The first-order chi connectivity index (χ1) is 13.8. The summed E-state index contributed by atoms with van der Waals surface area (Å²) in [7, 11) is 1.74. The molecule has 9 heteroatoms. The number of rotatable bonds is 8. The molecule has 0 unspecified atom stereocenters. The number of aromatic amines is 1. The Balaban J connectivity index is 0.00000240. The minimum Gasteiger partial charge on any atom is -0.493 e. The predicted octanol–water partition coefficient (Wildman–Crippen LogP) is 3.34. The Kier molecular flexibility index (Phi) is 7.50. The van der Waals surface area contributed by atoms with Crippen LogP contribution in [0.15, 0.2) is 52.1 Å². The van der Waals surface area contributed by atoms with Crippen molar-refractivity contribution in [2.75, 3.05) is 13.7 Å². The molecule has 2 heterocycles. The molecule has 1 saturated carbocycles. The van der Waals surface area contributed by atoms with Crippen LogP contribution in [0.2, 0.25) is 0 Å². The van der Waals surface area contributed by atoms with Crippen molar-refractivity contribution in [1.29, 1.82) is 0 Å². The molecule has 1 fully saturated rings. The van der Waals surface area contributed by atoms with Crippen LogP contribution in [0.5, 0.6) is 5.75 Å². The zero-order valence-corrected chi connectivity index (χ0v) is 18.6. The van der Waals surface area contributed by atoms with Gasteiger partial charge in [0.1, 0.15) is 11.6 Å². The lowest BCUT2D eigenvalue weighted by atomic mass is 10.2. The number of hydrogen-bond donors (Lipinski definition) is 3. The number of halogens is 1. The van der Waals surface area contributed by atoms with Crippen molar-refractivity contribution in [2.24, 2.45) is 10.9 Å². The second-order valence-corrected chi connectivity index (χ2v) is 6.72. The number of hydrogen-bond acceptors (Lipinski definition) is 5. The average Bonchev–Trinajstić information content (AvgIpc) is 3.18. The Morgan fingerprint density at radius 2 is 2.03 bits per heavy atom. The fraction of sp³-hybridized carbons (Fsp3) is 0.350. The first-order valence-electron chi connectivity index (χ1n) is 9.42. The first kappa shape index (κ1) is 21.2. The van der Waals surface area contributed by atoms with Crippen molar-refractivity contribution in [3.63, 3.8) is 0 Å². The third kappa shape index (κ3) is 5.96. The number of guanidine groups is 1.